The molecule has 148 valence electrons. The van der Waals surface area contributed by atoms with Gasteiger partial charge in [0, 0.05) is 19.6 Å². The Labute approximate surface area is 174 Å². The van der Waals surface area contributed by atoms with E-state index in [9.17, 15) is 4.79 Å². The summed E-state index contributed by atoms with van der Waals surface area (Å²) in [7, 11) is 0. The van der Waals surface area contributed by atoms with Gasteiger partial charge in [0.1, 0.15) is 0 Å². The van der Waals surface area contributed by atoms with Crippen LogP contribution in [0.3, 0.4) is 0 Å². The van der Waals surface area contributed by atoms with E-state index in [-0.39, 0.29) is 11.5 Å². The van der Waals surface area contributed by atoms with Crippen molar-refractivity contribution in [1.82, 2.24) is 4.90 Å². The van der Waals surface area contributed by atoms with Crippen LogP contribution in [0.1, 0.15) is 29.5 Å². The number of thioether (sulfide) groups is 1. The molecule has 2 aromatic rings. The molecule has 1 amide bonds. The Hall–Kier alpha value is -2.41. The molecule has 29 heavy (non-hydrogen) atoms. The Morgan fingerprint density at radius 1 is 1.10 bits per heavy atom. The summed E-state index contributed by atoms with van der Waals surface area (Å²) >= 11 is 1.45. The number of aliphatic imine (C=N–C) groups is 1. The van der Waals surface area contributed by atoms with Gasteiger partial charge in [0.05, 0.1) is 17.1 Å². The van der Waals surface area contributed by atoms with Gasteiger partial charge in [-0.25, -0.2) is 0 Å². The van der Waals surface area contributed by atoms with Crippen LogP contribution in [-0.4, -0.2) is 35.6 Å². The average Bonchev–Trinajstić information content (AvgIpc) is 3.32. The van der Waals surface area contributed by atoms with Gasteiger partial charge in [-0.1, -0.05) is 54.6 Å². The fourth-order valence-corrected chi connectivity index (χ4v) is 5.54. The van der Waals surface area contributed by atoms with E-state index in [1.165, 1.54) is 22.9 Å². The minimum Gasteiger partial charge on any atom is -0.365 e. The van der Waals surface area contributed by atoms with Gasteiger partial charge in [-0.05, 0) is 46.9 Å². The van der Waals surface area contributed by atoms with Gasteiger partial charge < -0.3 is 15.4 Å². The van der Waals surface area contributed by atoms with Crippen molar-refractivity contribution in [2.45, 2.75) is 25.0 Å². The highest BCUT2D eigenvalue weighted by Gasteiger charge is 2.43. The molecule has 3 aliphatic rings. The first-order valence-corrected chi connectivity index (χ1v) is 10.8. The summed E-state index contributed by atoms with van der Waals surface area (Å²) in [5, 5.41) is 0.785. The van der Waals surface area contributed by atoms with Crippen LogP contribution in [0.4, 0.5) is 0 Å². The van der Waals surface area contributed by atoms with Gasteiger partial charge >= 0.3 is 0 Å². The number of likely N-dealkylation sites (tertiary alicyclic amines) is 1. The predicted octanol–water partition coefficient (Wildman–Crippen LogP) is 3.51. The molecule has 0 saturated carbocycles. The summed E-state index contributed by atoms with van der Waals surface area (Å²) < 4.78 is 6.25. The molecule has 0 bridgehead atoms. The van der Waals surface area contributed by atoms with E-state index in [2.05, 4.69) is 34.2 Å². The topological polar surface area (TPSA) is 67.9 Å². The van der Waals surface area contributed by atoms with E-state index in [1.54, 1.807) is 0 Å². The van der Waals surface area contributed by atoms with Gasteiger partial charge in [-0.3, -0.25) is 4.79 Å². The van der Waals surface area contributed by atoms with Crippen LogP contribution >= 0.6 is 11.8 Å². The Balaban J connectivity index is 1.33. The fourth-order valence-electron chi connectivity index (χ4n) is 4.46. The number of nitrogens with zero attached hydrogens (tertiary/aromatic N) is 2. The number of carbonyl (C=O) groups excluding carboxylic acids is 1. The number of hydrogen-bond donors (Lipinski definition) is 1. The third-order valence-electron chi connectivity index (χ3n) is 6.04. The highest BCUT2D eigenvalue weighted by atomic mass is 32.2. The molecular weight excluding hydrogens is 382 g/mol. The van der Waals surface area contributed by atoms with Crippen molar-refractivity contribution in [3.05, 3.63) is 76.2 Å². The monoisotopic (exact) mass is 405 g/mol. The number of rotatable bonds is 2. The maximum absolute atomic E-state index is 12.6. The molecule has 5 nitrogen and oxygen atoms in total. The second-order valence-electron chi connectivity index (χ2n) is 7.61. The average molecular weight is 406 g/mol. The summed E-state index contributed by atoms with van der Waals surface area (Å²) in [6.07, 6.45) is 1.80. The number of amidine groups is 1. The number of hydrogen-bond acceptors (Lipinski definition) is 5. The van der Waals surface area contributed by atoms with Crippen LogP contribution in [0.15, 0.2) is 64.5 Å². The third-order valence-corrected chi connectivity index (χ3v) is 7.20. The normalized spacial score (nSPS) is 22.0. The number of nitrogens with two attached hydrogens (primary N) is 1. The molecule has 0 unspecified atom stereocenters. The molecule has 1 fully saturated rings. The summed E-state index contributed by atoms with van der Waals surface area (Å²) in [5.41, 5.74) is 10.3. The summed E-state index contributed by atoms with van der Waals surface area (Å²) in [6.45, 7) is 2.65. The number of benzene rings is 2. The summed E-state index contributed by atoms with van der Waals surface area (Å²) in [6, 6.07) is 18.4. The molecule has 1 saturated heterocycles. The second kappa shape index (κ2) is 7.44. The SMILES string of the molecule is NC/C(=C1\SC(N2CCC3(CC2)OCc2ccccc23)=NC1=O)c1ccccc1. The lowest BCUT2D eigenvalue weighted by Crippen LogP contribution is -2.44. The lowest BCUT2D eigenvalue weighted by Gasteiger charge is -2.39. The van der Waals surface area contributed by atoms with Crippen molar-refractivity contribution in [3.63, 3.8) is 0 Å². The molecule has 6 heteroatoms. The molecule has 1 spiro atoms. The largest absolute Gasteiger partial charge is 0.365 e. The van der Waals surface area contributed by atoms with Crippen LogP contribution in [0.5, 0.6) is 0 Å². The number of ether oxygens (including phenoxy) is 1. The first-order valence-electron chi connectivity index (χ1n) is 9.97. The van der Waals surface area contributed by atoms with Crippen LogP contribution < -0.4 is 5.73 Å². The zero-order valence-corrected chi connectivity index (χ0v) is 17.0. The molecule has 0 atom stereocenters. The lowest BCUT2D eigenvalue weighted by molar-refractivity contribution is -0.113. The van der Waals surface area contributed by atoms with E-state index < -0.39 is 0 Å². The Bertz CT molecular complexity index is 1010. The van der Waals surface area contributed by atoms with Crippen molar-refractivity contribution in [3.8, 4) is 0 Å². The molecule has 5 rings (SSSR count). The zero-order valence-electron chi connectivity index (χ0n) is 16.1. The predicted molar refractivity (Wildman–Crippen MR) is 116 cm³/mol. The first kappa shape index (κ1) is 18.6. The van der Waals surface area contributed by atoms with Crippen molar-refractivity contribution in [2.75, 3.05) is 19.6 Å². The minimum absolute atomic E-state index is 0.183. The van der Waals surface area contributed by atoms with Crippen molar-refractivity contribution >= 4 is 28.4 Å². The zero-order chi connectivity index (χ0) is 19.8. The first-order chi connectivity index (χ1) is 14.2. The molecule has 2 aromatic carbocycles. The standard InChI is InChI=1S/C23H23N3O2S/c24-14-18(16-6-2-1-3-7-16)20-21(27)25-22(29-20)26-12-10-23(11-13-26)19-9-5-4-8-17(19)15-28-23/h1-9H,10-15,24H2/b20-18+. The van der Waals surface area contributed by atoms with E-state index >= 15 is 0 Å². The minimum atomic E-state index is -0.188. The van der Waals surface area contributed by atoms with Crippen LogP contribution in [0.25, 0.3) is 5.57 Å². The van der Waals surface area contributed by atoms with Crippen molar-refractivity contribution < 1.29 is 9.53 Å². The molecule has 3 aliphatic heterocycles. The van der Waals surface area contributed by atoms with Crippen LogP contribution in [0, 0.1) is 0 Å². The number of fused-ring (bicyclic) bond motifs is 2. The quantitative estimate of drug-likeness (QED) is 0.775. The van der Waals surface area contributed by atoms with Gasteiger partial charge in [0.25, 0.3) is 5.91 Å². The molecule has 0 radical (unpaired) electrons. The smallest absolute Gasteiger partial charge is 0.286 e. The van der Waals surface area contributed by atoms with Crippen molar-refractivity contribution in [2.24, 2.45) is 10.7 Å². The Morgan fingerprint density at radius 3 is 2.59 bits per heavy atom. The maximum Gasteiger partial charge on any atom is 0.286 e. The van der Waals surface area contributed by atoms with E-state index in [0.717, 1.165) is 42.2 Å². The highest BCUT2D eigenvalue weighted by molar-refractivity contribution is 8.18. The van der Waals surface area contributed by atoms with Gasteiger partial charge in [0.15, 0.2) is 5.17 Å². The molecule has 2 N–H and O–H groups in total. The van der Waals surface area contributed by atoms with Crippen LogP contribution in [-0.2, 0) is 21.7 Å². The van der Waals surface area contributed by atoms with Gasteiger partial charge in [-0.15, -0.1) is 0 Å². The number of piperidine rings is 1. The molecule has 0 aliphatic carbocycles. The third kappa shape index (κ3) is 3.21. The Kier molecular flexibility index (Phi) is 4.78. The highest BCUT2D eigenvalue weighted by Crippen LogP contribution is 2.45. The molecule has 0 aromatic heterocycles. The second-order valence-corrected chi connectivity index (χ2v) is 8.58. The van der Waals surface area contributed by atoms with Crippen LogP contribution in [0.2, 0.25) is 0 Å². The van der Waals surface area contributed by atoms with Gasteiger partial charge in [0.2, 0.25) is 0 Å². The number of carbonyl (C=O) groups is 1. The fraction of sp³-hybridized carbons (Fsp3) is 0.304. The molecule has 3 heterocycles. The maximum atomic E-state index is 12.6. The van der Waals surface area contributed by atoms with E-state index in [0.29, 0.717) is 18.1 Å². The van der Waals surface area contributed by atoms with Crippen molar-refractivity contribution in [1.29, 1.82) is 0 Å². The van der Waals surface area contributed by atoms with E-state index in [1.807, 2.05) is 30.3 Å². The molecular formula is C23H23N3O2S. The van der Waals surface area contributed by atoms with Gasteiger partial charge in [-0.2, -0.15) is 4.99 Å². The Morgan fingerprint density at radius 2 is 1.83 bits per heavy atom. The van der Waals surface area contributed by atoms with E-state index in [4.69, 9.17) is 10.5 Å². The summed E-state index contributed by atoms with van der Waals surface area (Å²) in [5.74, 6) is -0.183. The summed E-state index contributed by atoms with van der Waals surface area (Å²) in [4.78, 5) is 19.9. The number of amides is 1. The lowest BCUT2D eigenvalue weighted by atomic mass is 9.84.